The molecule has 1 saturated heterocycles. The van der Waals surface area contributed by atoms with Crippen LogP contribution in [0.2, 0.25) is 0 Å². The molecule has 0 aromatic rings. The molecule has 13 heteroatoms. The standard InChI is InChI=1S/C15H21FN4O8/c1-7(21)25-6-10-13(26-8(2)22)14(27-9(3)23)12(16)15(28-10)19-11(24)4-5-18-20-17/h10,12-15H,4-6H2,1-3H3,(H,19,24)/t10-,12-,13-,14-,15-/m1/s1. The minimum atomic E-state index is -2.09. The maximum atomic E-state index is 14.9. The Morgan fingerprint density at radius 2 is 1.71 bits per heavy atom. The average molecular weight is 404 g/mol. The van der Waals surface area contributed by atoms with Crippen LogP contribution in [0.5, 0.6) is 0 Å². The zero-order chi connectivity index (χ0) is 21.3. The second-order valence-corrected chi connectivity index (χ2v) is 5.76. The summed E-state index contributed by atoms with van der Waals surface area (Å²) in [6, 6.07) is 0. The minimum absolute atomic E-state index is 0.160. The summed E-state index contributed by atoms with van der Waals surface area (Å²) in [5.74, 6) is -3.03. The summed E-state index contributed by atoms with van der Waals surface area (Å²) >= 11 is 0. The molecule has 0 radical (unpaired) electrons. The summed E-state index contributed by atoms with van der Waals surface area (Å²) in [7, 11) is 0. The van der Waals surface area contributed by atoms with Gasteiger partial charge in [-0.15, -0.1) is 0 Å². The summed E-state index contributed by atoms with van der Waals surface area (Å²) in [6.45, 7) is 2.61. The first-order valence-electron chi connectivity index (χ1n) is 8.23. The molecule has 0 bridgehead atoms. The van der Waals surface area contributed by atoms with Gasteiger partial charge >= 0.3 is 17.9 Å². The van der Waals surface area contributed by atoms with Crippen molar-refractivity contribution in [1.82, 2.24) is 5.32 Å². The molecule has 1 aliphatic rings. The third kappa shape index (κ3) is 7.37. The molecule has 0 aromatic carbocycles. The molecule has 1 rings (SSSR count). The van der Waals surface area contributed by atoms with Crippen molar-refractivity contribution in [1.29, 1.82) is 0 Å². The van der Waals surface area contributed by atoms with Crippen LogP contribution in [0, 0.1) is 0 Å². The number of ether oxygens (including phenoxy) is 4. The summed E-state index contributed by atoms with van der Waals surface area (Å²) in [4.78, 5) is 48.2. The van der Waals surface area contributed by atoms with Gasteiger partial charge in [0.15, 0.2) is 24.6 Å². The molecule has 5 atom stereocenters. The van der Waals surface area contributed by atoms with Crippen LogP contribution < -0.4 is 5.32 Å². The number of nitrogens with zero attached hydrogens (tertiary/aromatic N) is 3. The SMILES string of the molecule is CC(=O)OC[C@H]1O[C@@H](NC(=O)CCN=[N+]=[N-])[C@H](F)[C@@H](OC(C)=O)[C@@H]1OC(C)=O. The predicted molar refractivity (Wildman–Crippen MR) is 88.1 cm³/mol. The number of rotatable bonds is 8. The molecule has 0 unspecified atom stereocenters. The number of azide groups is 1. The van der Waals surface area contributed by atoms with Crippen molar-refractivity contribution in [2.75, 3.05) is 13.2 Å². The fourth-order valence-electron chi connectivity index (χ4n) is 2.44. The average Bonchev–Trinajstić information content (AvgIpc) is 2.58. The van der Waals surface area contributed by atoms with Crippen molar-refractivity contribution in [3.05, 3.63) is 10.4 Å². The molecule has 0 saturated carbocycles. The van der Waals surface area contributed by atoms with Crippen LogP contribution in [0.25, 0.3) is 10.4 Å². The number of halogens is 1. The summed E-state index contributed by atoms with van der Waals surface area (Å²) in [5, 5.41) is 5.42. The van der Waals surface area contributed by atoms with Crippen molar-refractivity contribution in [3.63, 3.8) is 0 Å². The zero-order valence-electron chi connectivity index (χ0n) is 15.5. The molecule has 28 heavy (non-hydrogen) atoms. The molecule has 1 N–H and O–H groups in total. The number of hydrogen-bond donors (Lipinski definition) is 1. The van der Waals surface area contributed by atoms with Crippen LogP contribution in [0.4, 0.5) is 4.39 Å². The number of carbonyl (C=O) groups excluding carboxylic acids is 4. The van der Waals surface area contributed by atoms with E-state index in [2.05, 4.69) is 15.3 Å². The molecule has 0 aliphatic carbocycles. The number of esters is 3. The lowest BCUT2D eigenvalue weighted by molar-refractivity contribution is -0.239. The van der Waals surface area contributed by atoms with Gasteiger partial charge in [-0.25, -0.2) is 4.39 Å². The molecule has 156 valence electrons. The van der Waals surface area contributed by atoms with Crippen molar-refractivity contribution in [2.45, 2.75) is 57.9 Å². The van der Waals surface area contributed by atoms with E-state index in [1.54, 1.807) is 0 Å². The van der Waals surface area contributed by atoms with Gasteiger partial charge in [0.1, 0.15) is 12.7 Å². The van der Waals surface area contributed by atoms with Crippen LogP contribution in [-0.4, -0.2) is 67.7 Å². The third-order valence-corrected chi connectivity index (χ3v) is 3.48. The number of carbonyl (C=O) groups is 4. The molecule has 1 fully saturated rings. The molecule has 0 spiro atoms. The zero-order valence-corrected chi connectivity index (χ0v) is 15.5. The first kappa shape index (κ1) is 23.1. The van der Waals surface area contributed by atoms with Crippen LogP contribution in [0.15, 0.2) is 5.11 Å². The Morgan fingerprint density at radius 1 is 1.11 bits per heavy atom. The molecule has 1 aliphatic heterocycles. The molecular weight excluding hydrogens is 383 g/mol. The highest BCUT2D eigenvalue weighted by molar-refractivity contribution is 5.76. The lowest BCUT2D eigenvalue weighted by Crippen LogP contribution is -2.63. The largest absolute Gasteiger partial charge is 0.463 e. The molecule has 0 aromatic heterocycles. The predicted octanol–water partition coefficient (Wildman–Crippen LogP) is 0.293. The highest BCUT2D eigenvalue weighted by Crippen LogP contribution is 2.28. The van der Waals surface area contributed by atoms with Crippen LogP contribution >= 0.6 is 0 Å². The van der Waals surface area contributed by atoms with Gasteiger partial charge in [0, 0.05) is 38.6 Å². The second-order valence-electron chi connectivity index (χ2n) is 5.76. The van der Waals surface area contributed by atoms with E-state index in [0.29, 0.717) is 0 Å². The lowest BCUT2D eigenvalue weighted by atomic mass is 9.98. The van der Waals surface area contributed by atoms with Gasteiger partial charge in [0.05, 0.1) is 0 Å². The quantitative estimate of drug-likeness (QED) is 0.198. The van der Waals surface area contributed by atoms with E-state index in [4.69, 9.17) is 24.5 Å². The second kappa shape index (κ2) is 11.0. The first-order chi connectivity index (χ1) is 13.1. The normalized spacial score (nSPS) is 26.4. The highest BCUT2D eigenvalue weighted by atomic mass is 19.1. The van der Waals surface area contributed by atoms with Gasteiger partial charge < -0.3 is 24.3 Å². The Balaban J connectivity index is 3.03. The summed E-state index contributed by atoms with van der Waals surface area (Å²) in [5.41, 5.74) is 8.21. The van der Waals surface area contributed by atoms with Crippen molar-refractivity contribution in [2.24, 2.45) is 5.11 Å². The molecule has 12 nitrogen and oxygen atoms in total. The topological polar surface area (TPSA) is 166 Å². The fraction of sp³-hybridized carbons (Fsp3) is 0.733. The molecular formula is C15H21FN4O8. The van der Waals surface area contributed by atoms with E-state index in [-0.39, 0.29) is 13.0 Å². The van der Waals surface area contributed by atoms with Gasteiger partial charge in [-0.1, -0.05) is 5.11 Å². The van der Waals surface area contributed by atoms with E-state index in [1.807, 2.05) is 0 Å². The van der Waals surface area contributed by atoms with E-state index in [1.165, 1.54) is 0 Å². The van der Waals surface area contributed by atoms with E-state index in [9.17, 15) is 23.6 Å². The monoisotopic (exact) mass is 404 g/mol. The highest BCUT2D eigenvalue weighted by Gasteiger charge is 2.51. The number of hydrogen-bond acceptors (Lipinski definition) is 9. The Hall–Kier alpha value is -2.92. The minimum Gasteiger partial charge on any atom is -0.463 e. The van der Waals surface area contributed by atoms with Crippen LogP contribution in [-0.2, 0) is 38.1 Å². The number of amides is 1. The van der Waals surface area contributed by atoms with Gasteiger partial charge in [-0.2, -0.15) is 0 Å². The molecule has 1 amide bonds. The summed E-state index contributed by atoms with van der Waals surface area (Å²) < 4.78 is 35.1. The van der Waals surface area contributed by atoms with Gasteiger partial charge in [-0.3, -0.25) is 19.2 Å². The Kier molecular flexibility index (Phi) is 9.12. The summed E-state index contributed by atoms with van der Waals surface area (Å²) in [6.07, 6.45) is -8.16. The van der Waals surface area contributed by atoms with Crippen molar-refractivity contribution in [3.8, 4) is 0 Å². The van der Waals surface area contributed by atoms with Crippen molar-refractivity contribution >= 4 is 23.8 Å². The van der Waals surface area contributed by atoms with Gasteiger partial charge in [0.25, 0.3) is 0 Å². The fourth-order valence-corrected chi connectivity index (χ4v) is 2.44. The number of nitrogens with one attached hydrogen (secondary N) is 1. The van der Waals surface area contributed by atoms with E-state index >= 15 is 0 Å². The van der Waals surface area contributed by atoms with E-state index < -0.39 is 61.1 Å². The smallest absolute Gasteiger partial charge is 0.303 e. The Bertz CT molecular complexity index is 654. The maximum Gasteiger partial charge on any atom is 0.303 e. The van der Waals surface area contributed by atoms with Crippen LogP contribution in [0.3, 0.4) is 0 Å². The third-order valence-electron chi connectivity index (χ3n) is 3.48. The first-order valence-corrected chi connectivity index (χ1v) is 8.23. The molecule has 1 heterocycles. The Morgan fingerprint density at radius 3 is 2.25 bits per heavy atom. The maximum absolute atomic E-state index is 14.9. The van der Waals surface area contributed by atoms with Crippen molar-refractivity contribution < 1.29 is 42.5 Å². The van der Waals surface area contributed by atoms with E-state index in [0.717, 1.165) is 20.8 Å². The van der Waals surface area contributed by atoms with Gasteiger partial charge in [0.2, 0.25) is 5.91 Å². The van der Waals surface area contributed by atoms with Gasteiger partial charge in [-0.05, 0) is 5.53 Å². The number of alkyl halides is 1. The lowest BCUT2D eigenvalue weighted by Gasteiger charge is -2.42. The Labute approximate surface area is 159 Å². The van der Waals surface area contributed by atoms with Crippen LogP contribution in [0.1, 0.15) is 27.2 Å².